The molecule has 0 N–H and O–H groups in total. The predicted molar refractivity (Wildman–Crippen MR) is 126 cm³/mol. The summed E-state index contributed by atoms with van der Waals surface area (Å²) in [5.41, 5.74) is 2.44. The summed E-state index contributed by atoms with van der Waals surface area (Å²) in [5.74, 6) is 2.17. The van der Waals surface area contributed by atoms with E-state index in [0.29, 0.717) is 56.2 Å². The van der Waals surface area contributed by atoms with Crippen molar-refractivity contribution in [2.45, 2.75) is 26.2 Å². The zero-order valence-corrected chi connectivity index (χ0v) is 18.7. The van der Waals surface area contributed by atoms with E-state index in [0.717, 1.165) is 28.7 Å². The SMILES string of the molecule is CCc1oc2ccccc2c1/C=C/C(=O)N1CCC(C(=O)c2ccc3c(c2)OCCO3)CC1. The highest BCUT2D eigenvalue weighted by Gasteiger charge is 2.28. The molecule has 2 aliphatic heterocycles. The number of piperidine rings is 1. The molecule has 0 spiro atoms. The minimum absolute atomic E-state index is 0.0347. The monoisotopic (exact) mass is 445 g/mol. The number of benzene rings is 2. The molecule has 1 aromatic heterocycles. The summed E-state index contributed by atoms with van der Waals surface area (Å²) in [5, 5.41) is 1.02. The molecule has 0 radical (unpaired) electrons. The maximum atomic E-state index is 13.0. The van der Waals surface area contributed by atoms with Crippen molar-refractivity contribution in [3.63, 3.8) is 0 Å². The summed E-state index contributed by atoms with van der Waals surface area (Å²) in [4.78, 5) is 27.7. The van der Waals surface area contributed by atoms with Gasteiger partial charge in [0.25, 0.3) is 0 Å². The fourth-order valence-electron chi connectivity index (χ4n) is 4.62. The highest BCUT2D eigenvalue weighted by Crippen LogP contribution is 2.33. The van der Waals surface area contributed by atoms with E-state index in [1.165, 1.54) is 0 Å². The van der Waals surface area contributed by atoms with E-state index in [4.69, 9.17) is 13.9 Å². The van der Waals surface area contributed by atoms with Crippen molar-refractivity contribution in [3.05, 3.63) is 65.4 Å². The maximum absolute atomic E-state index is 13.0. The number of ether oxygens (including phenoxy) is 2. The summed E-state index contributed by atoms with van der Waals surface area (Å²) in [6.45, 7) is 4.19. The van der Waals surface area contributed by atoms with E-state index >= 15 is 0 Å². The molecule has 0 aliphatic carbocycles. The van der Waals surface area contributed by atoms with Crippen LogP contribution in [-0.2, 0) is 11.2 Å². The number of carbonyl (C=O) groups is 2. The van der Waals surface area contributed by atoms with Crippen LogP contribution in [0.25, 0.3) is 17.0 Å². The fraction of sp³-hybridized carbons (Fsp3) is 0.333. The summed E-state index contributed by atoms with van der Waals surface area (Å²) >= 11 is 0. The molecule has 33 heavy (non-hydrogen) atoms. The molecule has 1 fully saturated rings. The minimum Gasteiger partial charge on any atom is -0.486 e. The number of Topliss-reactive ketones (excluding diaryl/α,β-unsaturated/α-hetero) is 1. The molecule has 2 aromatic carbocycles. The Morgan fingerprint density at radius 2 is 1.79 bits per heavy atom. The largest absolute Gasteiger partial charge is 0.486 e. The average molecular weight is 446 g/mol. The van der Waals surface area contributed by atoms with Crippen molar-refractivity contribution in [3.8, 4) is 11.5 Å². The van der Waals surface area contributed by atoms with Gasteiger partial charge in [-0.3, -0.25) is 9.59 Å². The van der Waals surface area contributed by atoms with Crippen LogP contribution in [0.1, 0.15) is 41.4 Å². The van der Waals surface area contributed by atoms with Crippen molar-refractivity contribution in [2.75, 3.05) is 26.3 Å². The molecule has 3 heterocycles. The van der Waals surface area contributed by atoms with E-state index in [9.17, 15) is 9.59 Å². The number of nitrogens with zero attached hydrogens (tertiary/aromatic N) is 1. The van der Waals surface area contributed by atoms with Crippen molar-refractivity contribution in [1.82, 2.24) is 4.90 Å². The molecular formula is C27H27NO5. The van der Waals surface area contributed by atoms with Gasteiger partial charge in [-0.25, -0.2) is 0 Å². The van der Waals surface area contributed by atoms with Gasteiger partial charge in [0.1, 0.15) is 24.6 Å². The van der Waals surface area contributed by atoms with Gasteiger partial charge in [-0.05, 0) is 43.2 Å². The number of hydrogen-bond donors (Lipinski definition) is 0. The van der Waals surface area contributed by atoms with E-state index < -0.39 is 0 Å². The zero-order valence-electron chi connectivity index (χ0n) is 18.7. The first-order valence-corrected chi connectivity index (χ1v) is 11.6. The molecular weight excluding hydrogens is 418 g/mol. The lowest BCUT2D eigenvalue weighted by Crippen LogP contribution is -2.39. The van der Waals surface area contributed by atoms with E-state index in [2.05, 4.69) is 0 Å². The third kappa shape index (κ3) is 4.25. The van der Waals surface area contributed by atoms with Gasteiger partial charge in [-0.1, -0.05) is 25.1 Å². The first-order chi connectivity index (χ1) is 16.1. The Bertz CT molecular complexity index is 1220. The maximum Gasteiger partial charge on any atom is 0.246 e. The molecule has 170 valence electrons. The van der Waals surface area contributed by atoms with E-state index in [1.54, 1.807) is 24.3 Å². The van der Waals surface area contributed by atoms with Gasteiger partial charge in [-0.15, -0.1) is 0 Å². The molecule has 0 saturated carbocycles. The summed E-state index contributed by atoms with van der Waals surface area (Å²) in [6, 6.07) is 13.2. The Hall–Kier alpha value is -3.54. The number of aryl methyl sites for hydroxylation is 1. The first kappa shape index (κ1) is 21.3. The van der Waals surface area contributed by atoms with Crippen molar-refractivity contribution in [2.24, 2.45) is 5.92 Å². The van der Waals surface area contributed by atoms with Crippen LogP contribution < -0.4 is 9.47 Å². The predicted octanol–water partition coefficient (Wildman–Crippen LogP) is 4.90. The van der Waals surface area contributed by atoms with Gasteiger partial charge in [0.2, 0.25) is 5.91 Å². The fourth-order valence-corrected chi connectivity index (χ4v) is 4.62. The van der Waals surface area contributed by atoms with Gasteiger partial charge in [0.05, 0.1) is 0 Å². The molecule has 1 saturated heterocycles. The number of hydrogen-bond acceptors (Lipinski definition) is 5. The molecule has 6 nitrogen and oxygen atoms in total. The average Bonchev–Trinajstić information content (AvgIpc) is 3.24. The van der Waals surface area contributed by atoms with Gasteiger partial charge in [0, 0.05) is 48.0 Å². The number of amides is 1. The third-order valence-corrected chi connectivity index (χ3v) is 6.43. The highest BCUT2D eigenvalue weighted by molar-refractivity contribution is 5.99. The number of fused-ring (bicyclic) bond motifs is 2. The lowest BCUT2D eigenvalue weighted by molar-refractivity contribution is -0.127. The van der Waals surface area contributed by atoms with Crippen LogP contribution in [0.2, 0.25) is 0 Å². The zero-order chi connectivity index (χ0) is 22.8. The summed E-state index contributed by atoms with van der Waals surface area (Å²) < 4.78 is 17.1. The lowest BCUT2D eigenvalue weighted by atomic mass is 9.88. The number of furan rings is 1. The molecule has 0 bridgehead atoms. The molecule has 6 heteroatoms. The van der Waals surface area contributed by atoms with Gasteiger partial charge in [0.15, 0.2) is 17.3 Å². The number of carbonyl (C=O) groups excluding carboxylic acids is 2. The molecule has 3 aromatic rings. The summed E-state index contributed by atoms with van der Waals surface area (Å²) in [7, 11) is 0. The second-order valence-corrected chi connectivity index (χ2v) is 8.44. The Morgan fingerprint density at radius 1 is 1.03 bits per heavy atom. The normalized spacial score (nSPS) is 16.5. The number of likely N-dealkylation sites (tertiary alicyclic amines) is 1. The van der Waals surface area contributed by atoms with Crippen LogP contribution in [0.4, 0.5) is 0 Å². The second-order valence-electron chi connectivity index (χ2n) is 8.44. The van der Waals surface area contributed by atoms with Crippen LogP contribution in [0.5, 0.6) is 11.5 Å². The molecule has 0 atom stereocenters. The van der Waals surface area contributed by atoms with Crippen LogP contribution in [0.3, 0.4) is 0 Å². The van der Waals surface area contributed by atoms with Crippen LogP contribution >= 0.6 is 0 Å². The quantitative estimate of drug-likeness (QED) is 0.413. The summed E-state index contributed by atoms with van der Waals surface area (Å²) in [6.07, 6.45) is 5.55. The van der Waals surface area contributed by atoms with Crippen LogP contribution in [0.15, 0.2) is 53.0 Å². The van der Waals surface area contributed by atoms with E-state index in [1.807, 2.05) is 42.2 Å². The molecule has 0 unspecified atom stereocenters. The third-order valence-electron chi connectivity index (χ3n) is 6.43. The van der Waals surface area contributed by atoms with Crippen molar-refractivity contribution < 1.29 is 23.5 Å². The van der Waals surface area contributed by atoms with Crippen molar-refractivity contribution >= 4 is 28.7 Å². The van der Waals surface area contributed by atoms with Gasteiger partial charge < -0.3 is 18.8 Å². The Morgan fingerprint density at radius 3 is 2.58 bits per heavy atom. The molecule has 1 amide bonds. The van der Waals surface area contributed by atoms with Crippen molar-refractivity contribution in [1.29, 1.82) is 0 Å². The highest BCUT2D eigenvalue weighted by atomic mass is 16.6. The van der Waals surface area contributed by atoms with Gasteiger partial charge >= 0.3 is 0 Å². The number of ketones is 1. The second kappa shape index (κ2) is 9.14. The van der Waals surface area contributed by atoms with Crippen LogP contribution in [-0.4, -0.2) is 42.9 Å². The Kier molecular flexibility index (Phi) is 5.90. The minimum atomic E-state index is -0.0925. The molecule has 2 aliphatic rings. The smallest absolute Gasteiger partial charge is 0.246 e. The van der Waals surface area contributed by atoms with E-state index in [-0.39, 0.29) is 17.6 Å². The standard InChI is InChI=1S/C27H27NO5/c1-2-22-21(20-5-3-4-6-23(20)33-22)8-10-26(29)28-13-11-18(12-14-28)27(30)19-7-9-24-25(17-19)32-16-15-31-24/h3-10,17-18H,2,11-16H2,1H3/b10-8+. The lowest BCUT2D eigenvalue weighted by Gasteiger charge is -2.30. The molecule has 5 rings (SSSR count). The number of para-hydroxylation sites is 1. The van der Waals surface area contributed by atoms with Crippen LogP contribution in [0, 0.1) is 5.92 Å². The Labute approximate surface area is 192 Å². The van der Waals surface area contributed by atoms with Gasteiger partial charge in [-0.2, -0.15) is 0 Å². The topological polar surface area (TPSA) is 69.0 Å². The Balaban J connectivity index is 1.22. The first-order valence-electron chi connectivity index (χ1n) is 11.6. The number of rotatable bonds is 5.